The van der Waals surface area contributed by atoms with E-state index in [-0.39, 0.29) is 12.5 Å². The zero-order valence-corrected chi connectivity index (χ0v) is 18.3. The van der Waals surface area contributed by atoms with Gasteiger partial charge in [-0.05, 0) is 30.3 Å². The molecule has 2 aliphatic heterocycles. The number of rotatable bonds is 5. The van der Waals surface area contributed by atoms with Crippen LogP contribution < -0.4 is 9.47 Å². The highest BCUT2D eigenvalue weighted by atomic mass is 16.6. The molecule has 2 aromatic rings. The molecule has 1 aromatic heterocycles. The maximum Gasteiger partial charge on any atom is 0.343 e. The molecule has 0 unspecified atom stereocenters. The molecule has 168 valence electrons. The van der Waals surface area contributed by atoms with Crippen LogP contribution >= 0.6 is 0 Å². The molecule has 8 nitrogen and oxygen atoms in total. The first kappa shape index (κ1) is 21.5. The Morgan fingerprint density at radius 1 is 1.12 bits per heavy atom. The summed E-state index contributed by atoms with van der Waals surface area (Å²) in [7, 11) is 2.77. The van der Waals surface area contributed by atoms with Crippen molar-refractivity contribution in [2.75, 3.05) is 33.9 Å². The van der Waals surface area contributed by atoms with Crippen LogP contribution in [0, 0.1) is 0 Å². The molecule has 3 heterocycles. The lowest BCUT2D eigenvalue weighted by atomic mass is 9.86. The van der Waals surface area contributed by atoms with Gasteiger partial charge in [-0.1, -0.05) is 13.2 Å². The molecular weight excluding hydrogens is 412 g/mol. The fourth-order valence-electron chi connectivity index (χ4n) is 4.20. The first-order chi connectivity index (χ1) is 15.4. The largest absolute Gasteiger partial charge is 0.493 e. The lowest BCUT2D eigenvalue weighted by Crippen LogP contribution is -2.48. The van der Waals surface area contributed by atoms with Crippen molar-refractivity contribution in [1.29, 1.82) is 0 Å². The van der Waals surface area contributed by atoms with Crippen LogP contribution in [0.3, 0.4) is 0 Å². The number of amides is 1. The van der Waals surface area contributed by atoms with Gasteiger partial charge in [0.15, 0.2) is 23.7 Å². The van der Waals surface area contributed by atoms with E-state index in [0.29, 0.717) is 48.8 Å². The highest BCUT2D eigenvalue weighted by molar-refractivity contribution is 5.95. The molecule has 32 heavy (non-hydrogen) atoms. The Hall–Kier alpha value is -3.68. The van der Waals surface area contributed by atoms with Gasteiger partial charge in [-0.15, -0.1) is 0 Å². The van der Waals surface area contributed by atoms with Crippen LogP contribution in [0.2, 0.25) is 0 Å². The van der Waals surface area contributed by atoms with Crippen molar-refractivity contribution < 1.29 is 28.5 Å². The van der Waals surface area contributed by atoms with Crippen LogP contribution in [0.5, 0.6) is 11.5 Å². The van der Waals surface area contributed by atoms with Crippen molar-refractivity contribution >= 4 is 17.6 Å². The van der Waals surface area contributed by atoms with E-state index in [4.69, 9.17) is 14.2 Å². The van der Waals surface area contributed by atoms with Crippen LogP contribution in [-0.2, 0) is 19.9 Å². The van der Waals surface area contributed by atoms with Gasteiger partial charge in [0.1, 0.15) is 5.76 Å². The fraction of sp³-hybridized carbons (Fsp3) is 0.333. The van der Waals surface area contributed by atoms with Gasteiger partial charge < -0.3 is 28.4 Å². The average Bonchev–Trinajstić information content (AvgIpc) is 3.32. The SMILES string of the molecule is C=C1OC2(CCN(C(=O)c3ccc(OCC(=O)OC)c(OC)c3)CC2)c2cccn2C1=C. The van der Waals surface area contributed by atoms with E-state index in [9.17, 15) is 9.59 Å². The van der Waals surface area contributed by atoms with Crippen LogP contribution in [-0.4, -0.2) is 55.3 Å². The third-order valence-corrected chi connectivity index (χ3v) is 5.99. The maximum atomic E-state index is 13.2. The monoisotopic (exact) mass is 438 g/mol. The van der Waals surface area contributed by atoms with E-state index in [1.165, 1.54) is 14.2 Å². The van der Waals surface area contributed by atoms with Gasteiger partial charge in [-0.2, -0.15) is 0 Å². The van der Waals surface area contributed by atoms with E-state index in [1.54, 1.807) is 23.1 Å². The van der Waals surface area contributed by atoms with Gasteiger partial charge in [0.25, 0.3) is 5.91 Å². The molecule has 0 atom stereocenters. The number of carbonyl (C=O) groups excluding carboxylic acids is 2. The highest BCUT2D eigenvalue weighted by Gasteiger charge is 2.44. The first-order valence-electron chi connectivity index (χ1n) is 10.3. The van der Waals surface area contributed by atoms with Gasteiger partial charge in [-0.25, -0.2) is 4.79 Å². The average molecular weight is 438 g/mol. The zero-order valence-electron chi connectivity index (χ0n) is 18.3. The minimum Gasteiger partial charge on any atom is -0.493 e. The predicted molar refractivity (Wildman–Crippen MR) is 117 cm³/mol. The molecule has 0 radical (unpaired) electrons. The van der Waals surface area contributed by atoms with Crippen molar-refractivity contribution in [2.45, 2.75) is 18.4 Å². The first-order valence-corrected chi connectivity index (χ1v) is 10.3. The Labute approximate surface area is 186 Å². The third kappa shape index (κ3) is 3.72. The van der Waals surface area contributed by atoms with Crippen LogP contribution in [0.25, 0.3) is 5.70 Å². The summed E-state index contributed by atoms with van der Waals surface area (Å²) >= 11 is 0. The van der Waals surface area contributed by atoms with Crippen molar-refractivity contribution in [1.82, 2.24) is 9.47 Å². The summed E-state index contributed by atoms with van der Waals surface area (Å²) in [5.41, 5.74) is 1.74. The normalized spacial score (nSPS) is 16.9. The summed E-state index contributed by atoms with van der Waals surface area (Å²) < 4.78 is 23.6. The summed E-state index contributed by atoms with van der Waals surface area (Å²) in [5.74, 6) is 0.684. The second-order valence-corrected chi connectivity index (χ2v) is 7.75. The minimum absolute atomic E-state index is 0.105. The second-order valence-electron chi connectivity index (χ2n) is 7.75. The number of hydrogen-bond acceptors (Lipinski definition) is 6. The number of nitrogens with zero attached hydrogens (tertiary/aromatic N) is 2. The molecule has 0 aliphatic carbocycles. The van der Waals surface area contributed by atoms with Gasteiger partial charge in [-0.3, -0.25) is 4.79 Å². The summed E-state index contributed by atoms with van der Waals surface area (Å²) in [5, 5.41) is 0. The smallest absolute Gasteiger partial charge is 0.343 e. The number of ether oxygens (including phenoxy) is 4. The maximum absolute atomic E-state index is 13.2. The van der Waals surface area contributed by atoms with Gasteiger partial charge in [0.05, 0.1) is 25.6 Å². The summed E-state index contributed by atoms with van der Waals surface area (Å²) in [6, 6.07) is 8.90. The molecular formula is C24H26N2O6. The molecule has 1 fully saturated rings. The number of methoxy groups -OCH3 is 2. The molecule has 1 spiro atoms. The van der Waals surface area contributed by atoms with Crippen LogP contribution in [0.1, 0.15) is 28.9 Å². The number of hydrogen-bond donors (Lipinski definition) is 0. The molecule has 4 rings (SSSR count). The standard InChI is InChI=1S/C24H26N2O6/c1-16-17(2)32-24(21-6-5-11-26(16)21)9-12-25(13-10-24)23(28)18-7-8-19(20(14-18)29-3)31-15-22(27)30-4/h5-8,11,14H,1-2,9-10,12-13,15H2,3-4H3. The molecule has 1 aromatic carbocycles. The molecule has 2 aliphatic rings. The van der Waals surface area contributed by atoms with E-state index >= 15 is 0 Å². The summed E-state index contributed by atoms with van der Waals surface area (Å²) in [6.45, 7) is 8.88. The van der Waals surface area contributed by atoms with E-state index in [1.807, 2.05) is 22.9 Å². The predicted octanol–water partition coefficient (Wildman–Crippen LogP) is 3.19. The van der Waals surface area contributed by atoms with E-state index in [0.717, 1.165) is 11.4 Å². The summed E-state index contributed by atoms with van der Waals surface area (Å²) in [4.78, 5) is 26.3. The Morgan fingerprint density at radius 3 is 2.56 bits per heavy atom. The van der Waals surface area contributed by atoms with Crippen molar-refractivity contribution in [3.8, 4) is 11.5 Å². The zero-order chi connectivity index (χ0) is 22.9. The fourth-order valence-corrected chi connectivity index (χ4v) is 4.20. The number of piperidine rings is 1. The summed E-state index contributed by atoms with van der Waals surface area (Å²) in [6.07, 6.45) is 3.25. The number of allylic oxidation sites excluding steroid dienone is 1. The second kappa shape index (κ2) is 8.45. The Kier molecular flexibility index (Phi) is 5.69. The third-order valence-electron chi connectivity index (χ3n) is 5.99. The Morgan fingerprint density at radius 2 is 1.88 bits per heavy atom. The van der Waals surface area contributed by atoms with Crippen molar-refractivity contribution in [3.63, 3.8) is 0 Å². The topological polar surface area (TPSA) is 79.2 Å². The number of carbonyl (C=O) groups is 2. The van der Waals surface area contributed by atoms with Crippen LogP contribution in [0.15, 0.2) is 55.4 Å². The molecule has 0 N–H and O–H groups in total. The van der Waals surface area contributed by atoms with Gasteiger partial charge in [0.2, 0.25) is 0 Å². The molecule has 0 bridgehead atoms. The molecule has 0 saturated carbocycles. The van der Waals surface area contributed by atoms with Gasteiger partial charge in [0, 0.05) is 37.7 Å². The number of aromatic nitrogens is 1. The number of likely N-dealkylation sites (tertiary alicyclic amines) is 1. The van der Waals surface area contributed by atoms with E-state index < -0.39 is 11.6 Å². The van der Waals surface area contributed by atoms with Crippen LogP contribution in [0.4, 0.5) is 0 Å². The lowest BCUT2D eigenvalue weighted by Gasteiger charge is -2.45. The quantitative estimate of drug-likeness (QED) is 0.667. The molecule has 1 amide bonds. The lowest BCUT2D eigenvalue weighted by molar-refractivity contribution is -0.142. The molecule has 1 saturated heterocycles. The number of benzene rings is 1. The Balaban J connectivity index is 1.47. The number of fused-ring (bicyclic) bond motifs is 2. The van der Waals surface area contributed by atoms with E-state index in [2.05, 4.69) is 17.9 Å². The van der Waals surface area contributed by atoms with Gasteiger partial charge >= 0.3 is 5.97 Å². The Bertz CT molecular complexity index is 1080. The minimum atomic E-state index is -0.512. The molecule has 8 heteroatoms. The highest BCUT2D eigenvalue weighted by Crippen LogP contribution is 2.44. The van der Waals surface area contributed by atoms with Crippen molar-refractivity contribution in [2.24, 2.45) is 0 Å². The van der Waals surface area contributed by atoms with Crippen molar-refractivity contribution in [3.05, 3.63) is 66.7 Å². The number of esters is 1.